The number of halogens is 3. The fourth-order valence-corrected chi connectivity index (χ4v) is 3.99. The fourth-order valence-electron chi connectivity index (χ4n) is 3.88. The highest BCUT2D eigenvalue weighted by Gasteiger charge is 2.26. The Morgan fingerprint density at radius 2 is 1.69 bits per heavy atom. The molecule has 32 heavy (non-hydrogen) atoms. The number of aromatic nitrogens is 1. The molecule has 166 valence electrons. The molecule has 2 amide bonds. The molecule has 5 nitrogen and oxygen atoms in total. The van der Waals surface area contributed by atoms with Crippen LogP contribution in [0.5, 0.6) is 0 Å². The summed E-state index contributed by atoms with van der Waals surface area (Å²) >= 11 is 5.91. The number of urea groups is 1. The van der Waals surface area contributed by atoms with Gasteiger partial charge in [0.2, 0.25) is 0 Å². The second kappa shape index (κ2) is 9.53. The Hall–Kier alpha value is -3.19. The van der Waals surface area contributed by atoms with E-state index in [0.29, 0.717) is 21.8 Å². The second-order valence-electron chi connectivity index (χ2n) is 7.83. The quantitative estimate of drug-likeness (QED) is 0.538. The highest BCUT2D eigenvalue weighted by atomic mass is 35.5. The molecule has 4 rings (SSSR count). The van der Waals surface area contributed by atoms with Crippen LogP contribution in [0, 0.1) is 11.6 Å². The third kappa shape index (κ3) is 5.16. The van der Waals surface area contributed by atoms with E-state index in [0.717, 1.165) is 37.8 Å². The van der Waals surface area contributed by atoms with Gasteiger partial charge in [0, 0.05) is 44.1 Å². The summed E-state index contributed by atoms with van der Waals surface area (Å²) in [5.41, 5.74) is 1.72. The van der Waals surface area contributed by atoms with Gasteiger partial charge in [0.15, 0.2) is 0 Å². The van der Waals surface area contributed by atoms with E-state index in [4.69, 9.17) is 11.6 Å². The molecule has 1 aliphatic rings. The Balaban J connectivity index is 1.33. The van der Waals surface area contributed by atoms with Crippen LogP contribution in [0.4, 0.5) is 25.1 Å². The van der Waals surface area contributed by atoms with Gasteiger partial charge in [0.1, 0.15) is 17.5 Å². The molecule has 0 atom stereocenters. The molecule has 2 heterocycles. The van der Waals surface area contributed by atoms with E-state index in [9.17, 15) is 13.6 Å². The molecular formula is C24H23ClF2N4O. The Morgan fingerprint density at radius 3 is 2.28 bits per heavy atom. The van der Waals surface area contributed by atoms with E-state index in [1.165, 1.54) is 12.1 Å². The van der Waals surface area contributed by atoms with Gasteiger partial charge in [-0.1, -0.05) is 23.7 Å². The molecule has 8 heteroatoms. The lowest BCUT2D eigenvalue weighted by Crippen LogP contribution is -2.47. The molecule has 0 saturated carbocycles. The highest BCUT2D eigenvalue weighted by Crippen LogP contribution is 2.25. The van der Waals surface area contributed by atoms with Crippen LogP contribution in [0.1, 0.15) is 12.8 Å². The van der Waals surface area contributed by atoms with Crippen molar-refractivity contribution in [1.82, 2.24) is 9.88 Å². The molecule has 3 aromatic rings. The standard InChI is InChI=1S/C24H23ClF2N4O/c1-30(22-8-10-31(11-9-22)23-7-4-18(25)15-28-23)24(32)29-21-5-2-16(3-6-21)17-12-19(26)14-20(27)13-17/h2-7,12-15,22H,8-11H2,1H3,(H,29,32). The van der Waals surface area contributed by atoms with Crippen molar-refractivity contribution < 1.29 is 13.6 Å². The van der Waals surface area contributed by atoms with E-state index in [2.05, 4.69) is 15.2 Å². The maximum atomic E-state index is 13.5. The summed E-state index contributed by atoms with van der Waals surface area (Å²) in [5.74, 6) is -0.369. The summed E-state index contributed by atoms with van der Waals surface area (Å²) in [4.78, 5) is 21.0. The van der Waals surface area contributed by atoms with E-state index >= 15 is 0 Å². The summed E-state index contributed by atoms with van der Waals surface area (Å²) < 4.78 is 26.9. The Bertz CT molecular complexity index is 1060. The van der Waals surface area contributed by atoms with Gasteiger partial charge >= 0.3 is 6.03 Å². The van der Waals surface area contributed by atoms with Crippen molar-refractivity contribution in [2.24, 2.45) is 0 Å². The van der Waals surface area contributed by atoms with Crippen molar-refractivity contribution >= 4 is 29.1 Å². The fraction of sp³-hybridized carbons (Fsp3) is 0.250. The molecule has 1 N–H and O–H groups in total. The first-order valence-corrected chi connectivity index (χ1v) is 10.7. The number of nitrogens with zero attached hydrogens (tertiary/aromatic N) is 3. The lowest BCUT2D eigenvalue weighted by molar-refractivity contribution is 0.193. The summed E-state index contributed by atoms with van der Waals surface area (Å²) in [7, 11) is 1.79. The highest BCUT2D eigenvalue weighted by molar-refractivity contribution is 6.30. The van der Waals surface area contributed by atoms with Crippen molar-refractivity contribution in [2.45, 2.75) is 18.9 Å². The van der Waals surface area contributed by atoms with Gasteiger partial charge in [-0.15, -0.1) is 0 Å². The van der Waals surface area contributed by atoms with Gasteiger partial charge in [-0.2, -0.15) is 0 Å². The molecule has 2 aromatic carbocycles. The molecule has 0 bridgehead atoms. The topological polar surface area (TPSA) is 48.5 Å². The van der Waals surface area contributed by atoms with Gasteiger partial charge in [-0.3, -0.25) is 0 Å². The number of anilines is 2. The number of rotatable bonds is 4. The van der Waals surface area contributed by atoms with Crippen LogP contribution >= 0.6 is 11.6 Å². The number of amides is 2. The zero-order chi connectivity index (χ0) is 22.7. The minimum absolute atomic E-state index is 0.119. The van der Waals surface area contributed by atoms with E-state index in [1.54, 1.807) is 42.4 Å². The molecular weight excluding hydrogens is 434 g/mol. The van der Waals surface area contributed by atoms with E-state index in [-0.39, 0.29) is 12.1 Å². The van der Waals surface area contributed by atoms with Crippen LogP contribution in [0.25, 0.3) is 11.1 Å². The van der Waals surface area contributed by atoms with Crippen LogP contribution in [0.3, 0.4) is 0 Å². The molecule has 1 fully saturated rings. The van der Waals surface area contributed by atoms with Gasteiger partial charge in [0.05, 0.1) is 5.02 Å². The Labute approximate surface area is 190 Å². The Morgan fingerprint density at radius 1 is 1.03 bits per heavy atom. The second-order valence-corrected chi connectivity index (χ2v) is 8.27. The average molecular weight is 457 g/mol. The first-order valence-electron chi connectivity index (χ1n) is 10.4. The van der Waals surface area contributed by atoms with Crippen LogP contribution in [0.15, 0.2) is 60.8 Å². The van der Waals surface area contributed by atoms with Crippen molar-refractivity contribution in [3.8, 4) is 11.1 Å². The Kier molecular flexibility index (Phi) is 6.55. The summed E-state index contributed by atoms with van der Waals surface area (Å²) in [5, 5.41) is 3.50. The number of hydrogen-bond donors (Lipinski definition) is 1. The first kappa shape index (κ1) is 22.0. The number of carbonyl (C=O) groups excluding carboxylic acids is 1. The average Bonchev–Trinajstić information content (AvgIpc) is 2.79. The summed E-state index contributed by atoms with van der Waals surface area (Å²) in [6.45, 7) is 1.60. The van der Waals surface area contributed by atoms with Gasteiger partial charge in [-0.25, -0.2) is 18.6 Å². The molecule has 0 spiro atoms. The molecule has 1 aliphatic heterocycles. The van der Waals surface area contributed by atoms with Crippen molar-refractivity contribution in [3.63, 3.8) is 0 Å². The van der Waals surface area contributed by atoms with Crippen LogP contribution < -0.4 is 10.2 Å². The number of nitrogens with one attached hydrogen (secondary N) is 1. The largest absolute Gasteiger partial charge is 0.356 e. The smallest absolute Gasteiger partial charge is 0.321 e. The van der Waals surface area contributed by atoms with Crippen LogP contribution in [0.2, 0.25) is 5.02 Å². The molecule has 1 aromatic heterocycles. The minimum atomic E-state index is -0.628. The molecule has 0 aliphatic carbocycles. The van der Waals surface area contributed by atoms with Gasteiger partial charge in [0.25, 0.3) is 0 Å². The predicted molar refractivity (Wildman–Crippen MR) is 123 cm³/mol. The number of piperidine rings is 1. The minimum Gasteiger partial charge on any atom is -0.356 e. The zero-order valence-corrected chi connectivity index (χ0v) is 18.3. The number of carbonyl (C=O) groups is 1. The molecule has 0 unspecified atom stereocenters. The van der Waals surface area contributed by atoms with Gasteiger partial charge in [-0.05, 0) is 60.4 Å². The van der Waals surface area contributed by atoms with Crippen LogP contribution in [-0.4, -0.2) is 42.1 Å². The monoisotopic (exact) mass is 456 g/mol. The SMILES string of the molecule is CN(C(=O)Nc1ccc(-c2cc(F)cc(F)c2)cc1)C1CCN(c2ccc(Cl)cn2)CC1. The lowest BCUT2D eigenvalue weighted by atomic mass is 10.0. The van der Waals surface area contributed by atoms with E-state index < -0.39 is 11.6 Å². The molecule has 0 radical (unpaired) electrons. The zero-order valence-electron chi connectivity index (χ0n) is 17.6. The molecule has 1 saturated heterocycles. The number of pyridine rings is 1. The first-order chi connectivity index (χ1) is 15.4. The predicted octanol–water partition coefficient (Wildman–Crippen LogP) is 5.81. The van der Waals surface area contributed by atoms with Gasteiger partial charge < -0.3 is 15.1 Å². The van der Waals surface area contributed by atoms with Crippen molar-refractivity contribution in [3.05, 3.63) is 77.5 Å². The third-order valence-electron chi connectivity index (χ3n) is 5.70. The third-order valence-corrected chi connectivity index (χ3v) is 5.92. The lowest BCUT2D eigenvalue weighted by Gasteiger charge is -2.37. The van der Waals surface area contributed by atoms with Crippen molar-refractivity contribution in [2.75, 3.05) is 30.4 Å². The summed E-state index contributed by atoms with van der Waals surface area (Å²) in [6, 6.07) is 13.9. The normalized spacial score (nSPS) is 14.3. The summed E-state index contributed by atoms with van der Waals surface area (Å²) in [6.07, 6.45) is 3.30. The maximum absolute atomic E-state index is 13.5. The maximum Gasteiger partial charge on any atom is 0.321 e. The number of benzene rings is 2. The van der Waals surface area contributed by atoms with Crippen molar-refractivity contribution in [1.29, 1.82) is 0 Å². The number of hydrogen-bond acceptors (Lipinski definition) is 3. The van der Waals surface area contributed by atoms with Crippen LogP contribution in [-0.2, 0) is 0 Å². The van der Waals surface area contributed by atoms with E-state index in [1.807, 2.05) is 12.1 Å².